The maximum Gasteiger partial charge on any atom is 0.408 e. The van der Waals surface area contributed by atoms with Crippen LogP contribution in [0.15, 0.2) is 66.9 Å². The van der Waals surface area contributed by atoms with Crippen LogP contribution in [0.25, 0.3) is 22.4 Å². The van der Waals surface area contributed by atoms with Crippen molar-refractivity contribution in [1.29, 1.82) is 0 Å². The third-order valence-electron chi connectivity index (χ3n) is 9.50. The van der Waals surface area contributed by atoms with Gasteiger partial charge < -0.3 is 30.5 Å². The van der Waals surface area contributed by atoms with Crippen molar-refractivity contribution < 1.29 is 29.0 Å². The summed E-state index contributed by atoms with van der Waals surface area (Å²) in [6.07, 6.45) is 4.94. The normalized spacial score (nSPS) is 24.9. The molecule has 5 rings (SSSR count). The number of amides is 3. The zero-order valence-electron chi connectivity index (χ0n) is 30.4. The Balaban J connectivity index is 1.29. The molecular weight excluding hydrogens is 632 g/mol. The molecule has 3 aromatic rings. The first-order valence-electron chi connectivity index (χ1n) is 17.6. The molecule has 2 aromatic carbocycles. The first kappa shape index (κ1) is 36.8. The Labute approximate surface area is 295 Å². The second-order valence-electron chi connectivity index (χ2n) is 16.0. The van der Waals surface area contributed by atoms with E-state index in [4.69, 9.17) is 14.5 Å². The van der Waals surface area contributed by atoms with Gasteiger partial charge in [0.15, 0.2) is 0 Å². The largest absolute Gasteiger partial charge is 0.447 e. The Hall–Kier alpha value is -4.44. The van der Waals surface area contributed by atoms with E-state index in [0.29, 0.717) is 24.9 Å². The van der Waals surface area contributed by atoms with E-state index in [1.807, 2.05) is 102 Å². The van der Waals surface area contributed by atoms with Gasteiger partial charge in [0.25, 0.3) is 0 Å². The van der Waals surface area contributed by atoms with E-state index >= 15 is 0 Å². The fourth-order valence-electron chi connectivity index (χ4n) is 7.27. The summed E-state index contributed by atoms with van der Waals surface area (Å²) in [6.45, 7) is 12.9. The quantitative estimate of drug-likeness (QED) is 0.179. The fraction of sp³-hybridized carbons (Fsp3) is 0.500. The summed E-state index contributed by atoms with van der Waals surface area (Å²) in [5, 5.41) is 19.8. The molecule has 0 saturated heterocycles. The average molecular weight is 685 g/mol. The molecule has 1 heterocycles. The monoisotopic (exact) mass is 684 g/mol. The van der Waals surface area contributed by atoms with Gasteiger partial charge in [0.2, 0.25) is 5.91 Å². The van der Waals surface area contributed by atoms with Gasteiger partial charge in [-0.1, -0.05) is 54.6 Å². The van der Waals surface area contributed by atoms with Crippen molar-refractivity contribution in [2.45, 2.75) is 122 Å². The number of aromatic nitrogens is 1. The number of ether oxygens (including phenoxy) is 2. The fourth-order valence-corrected chi connectivity index (χ4v) is 7.27. The topological polar surface area (TPSA) is 139 Å². The zero-order chi connectivity index (χ0) is 36.3. The molecule has 2 aliphatic carbocycles. The molecule has 0 bridgehead atoms. The van der Waals surface area contributed by atoms with Crippen LogP contribution < -0.4 is 16.0 Å². The number of alkyl carbamates (subject to hydrolysis) is 2. The van der Waals surface area contributed by atoms with Crippen LogP contribution in [-0.4, -0.2) is 51.0 Å². The second kappa shape index (κ2) is 14.4. The van der Waals surface area contributed by atoms with Crippen molar-refractivity contribution in [3.63, 3.8) is 0 Å². The van der Waals surface area contributed by atoms with Gasteiger partial charge in [-0.05, 0) is 97.3 Å². The Morgan fingerprint density at radius 2 is 1.56 bits per heavy atom. The summed E-state index contributed by atoms with van der Waals surface area (Å²) < 4.78 is 10.8. The molecule has 2 aliphatic rings. The minimum atomic E-state index is -0.895. The van der Waals surface area contributed by atoms with Gasteiger partial charge in [0.1, 0.15) is 5.60 Å². The van der Waals surface area contributed by atoms with E-state index in [1.165, 1.54) is 0 Å². The third kappa shape index (κ3) is 9.41. The number of pyridine rings is 1. The van der Waals surface area contributed by atoms with Crippen molar-refractivity contribution in [3.8, 4) is 22.4 Å². The number of nitrogens with one attached hydrogen (secondary N) is 3. The smallest absolute Gasteiger partial charge is 0.408 e. The van der Waals surface area contributed by atoms with E-state index < -0.39 is 28.9 Å². The van der Waals surface area contributed by atoms with Crippen molar-refractivity contribution >= 4 is 23.8 Å². The van der Waals surface area contributed by atoms with E-state index in [2.05, 4.69) is 16.0 Å². The lowest BCUT2D eigenvalue weighted by Gasteiger charge is -2.52. The van der Waals surface area contributed by atoms with Crippen molar-refractivity contribution in [1.82, 2.24) is 15.6 Å². The summed E-state index contributed by atoms with van der Waals surface area (Å²) >= 11 is 0. The van der Waals surface area contributed by atoms with Gasteiger partial charge in [0.05, 0.1) is 34.8 Å². The number of benzene rings is 2. The number of anilines is 1. The Bertz CT molecular complexity index is 1660. The van der Waals surface area contributed by atoms with Crippen LogP contribution >= 0.6 is 0 Å². The second-order valence-corrected chi connectivity index (χ2v) is 16.0. The molecule has 50 heavy (non-hydrogen) atoms. The van der Waals surface area contributed by atoms with Gasteiger partial charge >= 0.3 is 12.2 Å². The highest BCUT2D eigenvalue weighted by Gasteiger charge is 2.53. The number of carbonyl (C=O) groups is 3. The molecule has 10 nitrogen and oxygen atoms in total. The van der Waals surface area contributed by atoms with Crippen molar-refractivity contribution in [2.24, 2.45) is 5.92 Å². The lowest BCUT2D eigenvalue weighted by atomic mass is 9.62. The molecule has 10 heteroatoms. The molecule has 2 saturated carbocycles. The van der Waals surface area contributed by atoms with Gasteiger partial charge in [0, 0.05) is 35.9 Å². The molecule has 1 aromatic heterocycles. The van der Waals surface area contributed by atoms with Crippen LogP contribution in [0.3, 0.4) is 0 Å². The molecule has 2 fully saturated rings. The van der Waals surface area contributed by atoms with Crippen LogP contribution in [0, 0.1) is 5.92 Å². The SMILES string of the molecule is CC(C)OC(=O)NC1(C)CCC(CC(=O)Nc2cnc(-c3ccc(C4(NC(=O)OC(C)(C)C)CC(C)(O)C4)cc3)c(-c3ccccc3)c2)CC1. The Morgan fingerprint density at radius 3 is 2.14 bits per heavy atom. The summed E-state index contributed by atoms with van der Waals surface area (Å²) in [7, 11) is 0. The van der Waals surface area contributed by atoms with Crippen molar-refractivity contribution in [2.75, 3.05) is 5.32 Å². The Kier molecular flexibility index (Phi) is 10.6. The van der Waals surface area contributed by atoms with E-state index in [9.17, 15) is 19.5 Å². The molecule has 4 N–H and O–H groups in total. The number of hydrogen-bond acceptors (Lipinski definition) is 7. The lowest BCUT2D eigenvalue weighted by Crippen LogP contribution is -2.62. The van der Waals surface area contributed by atoms with Crippen LogP contribution in [0.1, 0.15) is 99.0 Å². The third-order valence-corrected chi connectivity index (χ3v) is 9.50. The van der Waals surface area contributed by atoms with Crippen molar-refractivity contribution in [3.05, 3.63) is 72.4 Å². The maximum absolute atomic E-state index is 13.2. The van der Waals surface area contributed by atoms with E-state index in [0.717, 1.165) is 53.6 Å². The predicted octanol–water partition coefficient (Wildman–Crippen LogP) is 8.09. The Morgan fingerprint density at radius 1 is 0.920 bits per heavy atom. The minimum Gasteiger partial charge on any atom is -0.447 e. The lowest BCUT2D eigenvalue weighted by molar-refractivity contribution is -0.117. The van der Waals surface area contributed by atoms with Crippen LogP contribution in [0.5, 0.6) is 0 Å². The highest BCUT2D eigenvalue weighted by atomic mass is 16.6. The number of hydrogen-bond donors (Lipinski definition) is 4. The summed E-state index contributed by atoms with van der Waals surface area (Å²) in [6, 6.07) is 19.8. The number of carbonyl (C=O) groups excluding carboxylic acids is 3. The molecule has 268 valence electrons. The van der Waals surface area contributed by atoms with Gasteiger partial charge in [-0.3, -0.25) is 9.78 Å². The number of aliphatic hydroxyl groups is 1. The molecule has 3 amide bonds. The standard InChI is InChI=1S/C40H52N4O6/c1-26(2)49-35(46)43-38(6)19-17-27(18-20-38)21-33(45)42-31-22-32(28-11-9-8-10-12-28)34(41-23-31)29-13-15-30(16-14-29)40(24-39(7,48)25-40)44-36(47)50-37(3,4)5/h8-16,22-23,26-27,48H,17-21,24-25H2,1-7H3,(H,42,45)(H,43,46)(H,44,47). The van der Waals surface area contributed by atoms with E-state index in [-0.39, 0.29) is 23.5 Å². The average Bonchev–Trinajstić information content (AvgIpc) is 3.00. The molecular formula is C40H52N4O6. The highest BCUT2D eigenvalue weighted by molar-refractivity contribution is 5.93. The molecule has 0 spiro atoms. The van der Waals surface area contributed by atoms with E-state index in [1.54, 1.807) is 13.1 Å². The van der Waals surface area contributed by atoms with Gasteiger partial charge in [-0.15, -0.1) is 0 Å². The van der Waals surface area contributed by atoms with Crippen LogP contribution in [0.2, 0.25) is 0 Å². The molecule has 0 aliphatic heterocycles. The molecule has 0 unspecified atom stereocenters. The first-order valence-corrected chi connectivity index (χ1v) is 17.6. The first-order chi connectivity index (χ1) is 23.4. The molecule has 0 radical (unpaired) electrons. The molecule has 0 atom stereocenters. The zero-order valence-corrected chi connectivity index (χ0v) is 30.4. The predicted molar refractivity (Wildman–Crippen MR) is 194 cm³/mol. The summed E-state index contributed by atoms with van der Waals surface area (Å²) in [4.78, 5) is 43.0. The maximum atomic E-state index is 13.2. The number of nitrogens with zero attached hydrogens (tertiary/aromatic N) is 1. The van der Waals surface area contributed by atoms with Gasteiger partial charge in [-0.2, -0.15) is 0 Å². The number of rotatable bonds is 9. The van der Waals surface area contributed by atoms with Crippen LogP contribution in [0.4, 0.5) is 15.3 Å². The summed E-state index contributed by atoms with van der Waals surface area (Å²) in [5.74, 6) is 0.153. The highest BCUT2D eigenvalue weighted by Crippen LogP contribution is 2.49. The van der Waals surface area contributed by atoms with Crippen LogP contribution in [-0.2, 0) is 19.8 Å². The summed E-state index contributed by atoms with van der Waals surface area (Å²) in [5.41, 5.74) is 2.32. The minimum absolute atomic E-state index is 0.0668. The van der Waals surface area contributed by atoms with Gasteiger partial charge in [-0.25, -0.2) is 9.59 Å².